The van der Waals surface area contributed by atoms with Crippen LogP contribution in [0.15, 0.2) is 40.9 Å². The highest BCUT2D eigenvalue weighted by molar-refractivity contribution is 9.10. The molecular formula is C14H15BrN2. The summed E-state index contributed by atoms with van der Waals surface area (Å²) in [4.78, 5) is 0. The van der Waals surface area contributed by atoms with Gasteiger partial charge in [0.25, 0.3) is 0 Å². The molecule has 2 rings (SSSR count). The second-order valence-corrected chi connectivity index (χ2v) is 4.97. The average molecular weight is 291 g/mol. The first-order chi connectivity index (χ1) is 8.08. The Balaban J connectivity index is 2.35. The fourth-order valence-electron chi connectivity index (χ4n) is 1.72. The normalized spacial score (nSPS) is 10.3. The summed E-state index contributed by atoms with van der Waals surface area (Å²) in [5.74, 6) is 0. The van der Waals surface area contributed by atoms with Gasteiger partial charge >= 0.3 is 0 Å². The van der Waals surface area contributed by atoms with E-state index in [4.69, 9.17) is 5.73 Å². The van der Waals surface area contributed by atoms with E-state index in [1.54, 1.807) is 0 Å². The highest BCUT2D eigenvalue weighted by Gasteiger charge is 2.04. The molecule has 0 radical (unpaired) electrons. The van der Waals surface area contributed by atoms with Crippen LogP contribution in [0.2, 0.25) is 0 Å². The van der Waals surface area contributed by atoms with Crippen molar-refractivity contribution < 1.29 is 0 Å². The van der Waals surface area contributed by atoms with Crippen molar-refractivity contribution >= 4 is 33.0 Å². The summed E-state index contributed by atoms with van der Waals surface area (Å²) < 4.78 is 1.11. The van der Waals surface area contributed by atoms with E-state index in [0.717, 1.165) is 27.1 Å². The third kappa shape index (κ3) is 2.61. The molecule has 0 fully saturated rings. The van der Waals surface area contributed by atoms with E-state index in [9.17, 15) is 0 Å². The minimum atomic E-state index is 0.791. The maximum absolute atomic E-state index is 5.74. The quantitative estimate of drug-likeness (QED) is 0.805. The highest BCUT2D eigenvalue weighted by Crippen LogP contribution is 2.28. The maximum atomic E-state index is 5.74. The van der Waals surface area contributed by atoms with E-state index in [1.807, 2.05) is 37.3 Å². The van der Waals surface area contributed by atoms with Crippen molar-refractivity contribution in [2.45, 2.75) is 13.8 Å². The van der Waals surface area contributed by atoms with Crippen LogP contribution in [0.3, 0.4) is 0 Å². The Hall–Kier alpha value is -1.48. The Morgan fingerprint density at radius 2 is 1.82 bits per heavy atom. The predicted octanol–water partition coefficient (Wildman–Crippen LogP) is 4.39. The first kappa shape index (κ1) is 12.0. The van der Waals surface area contributed by atoms with Crippen molar-refractivity contribution in [1.82, 2.24) is 0 Å². The number of aryl methyl sites for hydroxylation is 1. The van der Waals surface area contributed by atoms with Gasteiger partial charge in [0, 0.05) is 21.5 Å². The van der Waals surface area contributed by atoms with Gasteiger partial charge in [-0.1, -0.05) is 22.0 Å². The van der Waals surface area contributed by atoms with Gasteiger partial charge in [0.05, 0.1) is 0 Å². The molecule has 2 nitrogen and oxygen atoms in total. The van der Waals surface area contributed by atoms with E-state index in [-0.39, 0.29) is 0 Å². The van der Waals surface area contributed by atoms with Crippen LogP contribution in [0, 0.1) is 13.8 Å². The molecule has 0 spiro atoms. The molecule has 0 aromatic heterocycles. The molecule has 88 valence electrons. The van der Waals surface area contributed by atoms with Gasteiger partial charge in [0.15, 0.2) is 0 Å². The fourth-order valence-corrected chi connectivity index (χ4v) is 2.08. The largest absolute Gasteiger partial charge is 0.399 e. The van der Waals surface area contributed by atoms with Crippen LogP contribution in [-0.2, 0) is 0 Å². The minimum Gasteiger partial charge on any atom is -0.399 e. The van der Waals surface area contributed by atoms with Crippen LogP contribution in [0.1, 0.15) is 11.1 Å². The molecule has 0 atom stereocenters. The Labute approximate surface area is 110 Å². The van der Waals surface area contributed by atoms with Crippen molar-refractivity contribution in [3.05, 3.63) is 52.0 Å². The SMILES string of the molecule is Cc1cc(N)ccc1Nc1cccc(Br)c1C. The lowest BCUT2D eigenvalue weighted by Crippen LogP contribution is -1.96. The van der Waals surface area contributed by atoms with E-state index in [2.05, 4.69) is 34.2 Å². The first-order valence-corrected chi connectivity index (χ1v) is 6.25. The van der Waals surface area contributed by atoms with E-state index < -0.39 is 0 Å². The zero-order valence-corrected chi connectivity index (χ0v) is 11.5. The van der Waals surface area contributed by atoms with Gasteiger partial charge in [0.1, 0.15) is 0 Å². The molecule has 0 unspecified atom stereocenters. The van der Waals surface area contributed by atoms with Crippen LogP contribution in [0.5, 0.6) is 0 Å². The summed E-state index contributed by atoms with van der Waals surface area (Å²) >= 11 is 3.53. The first-order valence-electron chi connectivity index (χ1n) is 5.46. The zero-order chi connectivity index (χ0) is 12.4. The molecule has 2 aromatic carbocycles. The molecule has 0 saturated carbocycles. The summed E-state index contributed by atoms with van der Waals surface area (Å²) in [6.07, 6.45) is 0. The maximum Gasteiger partial charge on any atom is 0.0425 e. The highest BCUT2D eigenvalue weighted by atomic mass is 79.9. The molecular weight excluding hydrogens is 276 g/mol. The van der Waals surface area contributed by atoms with E-state index >= 15 is 0 Å². The Kier molecular flexibility index (Phi) is 3.38. The van der Waals surface area contributed by atoms with Gasteiger partial charge in [-0.25, -0.2) is 0 Å². The lowest BCUT2D eigenvalue weighted by atomic mass is 10.1. The third-order valence-electron chi connectivity index (χ3n) is 2.79. The third-order valence-corrected chi connectivity index (χ3v) is 3.65. The number of hydrogen-bond acceptors (Lipinski definition) is 2. The lowest BCUT2D eigenvalue weighted by Gasteiger charge is -2.13. The second-order valence-electron chi connectivity index (χ2n) is 4.11. The fraction of sp³-hybridized carbons (Fsp3) is 0.143. The van der Waals surface area contributed by atoms with E-state index in [1.165, 1.54) is 5.56 Å². The number of anilines is 3. The number of halogens is 1. The molecule has 2 aromatic rings. The summed E-state index contributed by atoms with van der Waals surface area (Å²) in [5.41, 5.74) is 11.1. The van der Waals surface area contributed by atoms with Crippen LogP contribution >= 0.6 is 15.9 Å². The van der Waals surface area contributed by atoms with Crippen LogP contribution in [0.25, 0.3) is 0 Å². The van der Waals surface area contributed by atoms with Crippen molar-refractivity contribution in [1.29, 1.82) is 0 Å². The van der Waals surface area contributed by atoms with Crippen molar-refractivity contribution in [3.63, 3.8) is 0 Å². The second kappa shape index (κ2) is 4.80. The summed E-state index contributed by atoms with van der Waals surface area (Å²) in [6.45, 7) is 4.13. The van der Waals surface area contributed by atoms with Crippen molar-refractivity contribution in [3.8, 4) is 0 Å². The Bertz CT molecular complexity index is 550. The zero-order valence-electron chi connectivity index (χ0n) is 9.92. The van der Waals surface area contributed by atoms with Gasteiger partial charge in [0.2, 0.25) is 0 Å². The average Bonchev–Trinajstić information content (AvgIpc) is 2.28. The van der Waals surface area contributed by atoms with Gasteiger partial charge < -0.3 is 11.1 Å². The lowest BCUT2D eigenvalue weighted by molar-refractivity contribution is 1.37. The number of nitrogen functional groups attached to an aromatic ring is 1. The predicted molar refractivity (Wildman–Crippen MR) is 77.8 cm³/mol. The summed E-state index contributed by atoms with van der Waals surface area (Å²) in [7, 11) is 0. The topological polar surface area (TPSA) is 38.0 Å². The molecule has 0 aliphatic carbocycles. The summed E-state index contributed by atoms with van der Waals surface area (Å²) in [5, 5.41) is 3.42. The standard InChI is InChI=1S/C14H15BrN2/c1-9-8-11(16)6-7-13(9)17-14-5-3-4-12(15)10(14)2/h3-8,17H,16H2,1-2H3. The molecule has 17 heavy (non-hydrogen) atoms. The molecule has 0 heterocycles. The smallest absolute Gasteiger partial charge is 0.0425 e. The van der Waals surface area contributed by atoms with Gasteiger partial charge in [-0.2, -0.15) is 0 Å². The van der Waals surface area contributed by atoms with Gasteiger partial charge in [-0.05, 0) is 55.3 Å². The Morgan fingerprint density at radius 3 is 2.53 bits per heavy atom. The number of nitrogens with one attached hydrogen (secondary N) is 1. The van der Waals surface area contributed by atoms with Gasteiger partial charge in [-0.15, -0.1) is 0 Å². The van der Waals surface area contributed by atoms with Crippen LogP contribution < -0.4 is 11.1 Å². The number of nitrogens with two attached hydrogens (primary N) is 1. The van der Waals surface area contributed by atoms with E-state index in [0.29, 0.717) is 0 Å². The number of benzene rings is 2. The molecule has 0 amide bonds. The molecule has 0 aliphatic heterocycles. The molecule has 0 aliphatic rings. The molecule has 0 saturated heterocycles. The Morgan fingerprint density at radius 1 is 1.06 bits per heavy atom. The molecule has 3 heteroatoms. The monoisotopic (exact) mass is 290 g/mol. The van der Waals surface area contributed by atoms with Crippen LogP contribution in [-0.4, -0.2) is 0 Å². The molecule has 3 N–H and O–H groups in total. The van der Waals surface area contributed by atoms with Crippen LogP contribution in [0.4, 0.5) is 17.1 Å². The number of hydrogen-bond donors (Lipinski definition) is 2. The molecule has 0 bridgehead atoms. The number of rotatable bonds is 2. The van der Waals surface area contributed by atoms with Crippen molar-refractivity contribution in [2.75, 3.05) is 11.1 Å². The minimum absolute atomic E-state index is 0.791. The van der Waals surface area contributed by atoms with Crippen molar-refractivity contribution in [2.24, 2.45) is 0 Å². The van der Waals surface area contributed by atoms with Gasteiger partial charge in [-0.3, -0.25) is 0 Å². The summed E-state index contributed by atoms with van der Waals surface area (Å²) in [6, 6.07) is 12.0.